The van der Waals surface area contributed by atoms with Crippen LogP contribution in [-0.4, -0.2) is 17.3 Å². The molecule has 1 aromatic rings. The second-order valence-corrected chi connectivity index (χ2v) is 7.16. The third-order valence-corrected chi connectivity index (χ3v) is 6.08. The van der Waals surface area contributed by atoms with Crippen LogP contribution in [-0.2, 0) is 5.41 Å². The predicted octanol–water partition coefficient (Wildman–Crippen LogP) is 3.90. The Balaban J connectivity index is 1.92. The van der Waals surface area contributed by atoms with Crippen LogP contribution in [0, 0.1) is 5.92 Å². The summed E-state index contributed by atoms with van der Waals surface area (Å²) in [5, 5.41) is 12.1. The zero-order chi connectivity index (χ0) is 14.3. The number of aliphatic hydroxyl groups excluding tert-OH is 1. The zero-order valence-electron chi connectivity index (χ0n) is 11.5. The van der Waals surface area contributed by atoms with Crippen molar-refractivity contribution in [2.75, 3.05) is 0 Å². The highest BCUT2D eigenvalue weighted by molar-refractivity contribution is 6.42. The van der Waals surface area contributed by atoms with E-state index in [4.69, 9.17) is 28.9 Å². The predicted molar refractivity (Wildman–Crippen MR) is 83.3 cm³/mol. The van der Waals surface area contributed by atoms with Crippen LogP contribution in [0.5, 0.6) is 0 Å². The number of hydrogen-bond acceptors (Lipinski definition) is 2. The van der Waals surface area contributed by atoms with Crippen molar-refractivity contribution in [1.82, 2.24) is 0 Å². The van der Waals surface area contributed by atoms with Crippen molar-refractivity contribution in [2.24, 2.45) is 11.7 Å². The minimum atomic E-state index is -0.369. The van der Waals surface area contributed by atoms with E-state index in [2.05, 4.69) is 0 Å². The fourth-order valence-electron chi connectivity index (χ4n) is 3.94. The number of aliphatic hydroxyl groups is 1. The molecule has 0 saturated heterocycles. The molecule has 0 bridgehead atoms. The summed E-state index contributed by atoms with van der Waals surface area (Å²) in [6.45, 7) is 0. The van der Waals surface area contributed by atoms with E-state index in [-0.39, 0.29) is 23.5 Å². The van der Waals surface area contributed by atoms with Gasteiger partial charge in [-0.1, -0.05) is 42.1 Å². The fourth-order valence-corrected chi connectivity index (χ4v) is 4.24. The lowest BCUT2D eigenvalue weighted by Gasteiger charge is -2.49. The molecule has 2 fully saturated rings. The molecule has 2 nitrogen and oxygen atoms in total. The molecule has 2 aliphatic carbocycles. The van der Waals surface area contributed by atoms with Crippen molar-refractivity contribution < 1.29 is 5.11 Å². The number of rotatable bonds is 3. The SMILES string of the molecule is N[C@H]1CCC[C@@H]1[C@H](O)C1(c2ccc(Cl)c(Cl)c2)CCC1. The van der Waals surface area contributed by atoms with Gasteiger partial charge in [0.25, 0.3) is 0 Å². The van der Waals surface area contributed by atoms with E-state index >= 15 is 0 Å². The van der Waals surface area contributed by atoms with E-state index in [0.29, 0.717) is 10.0 Å². The second-order valence-electron chi connectivity index (χ2n) is 6.34. The average Bonchev–Trinajstić information content (AvgIpc) is 2.78. The van der Waals surface area contributed by atoms with Gasteiger partial charge >= 0.3 is 0 Å². The van der Waals surface area contributed by atoms with Gasteiger partial charge in [-0.2, -0.15) is 0 Å². The van der Waals surface area contributed by atoms with Gasteiger partial charge in [0.2, 0.25) is 0 Å². The summed E-state index contributed by atoms with van der Waals surface area (Å²) in [5.74, 6) is 0.213. The van der Waals surface area contributed by atoms with E-state index in [1.54, 1.807) is 0 Å². The first-order chi connectivity index (χ1) is 9.54. The standard InChI is InChI=1S/C16H21Cl2NO/c17-12-6-5-10(9-13(12)18)16(7-2-8-16)15(20)11-3-1-4-14(11)19/h5-6,9,11,14-15,20H,1-4,7-8,19H2/t11-,14-,15-/m0/s1. The monoisotopic (exact) mass is 313 g/mol. The van der Waals surface area contributed by atoms with E-state index in [9.17, 15) is 5.11 Å². The van der Waals surface area contributed by atoms with Gasteiger partial charge in [0, 0.05) is 17.4 Å². The topological polar surface area (TPSA) is 46.2 Å². The number of nitrogens with two attached hydrogens (primary N) is 1. The summed E-state index contributed by atoms with van der Waals surface area (Å²) in [4.78, 5) is 0. The highest BCUT2D eigenvalue weighted by atomic mass is 35.5. The molecular weight excluding hydrogens is 293 g/mol. The van der Waals surface area contributed by atoms with Crippen LogP contribution >= 0.6 is 23.2 Å². The highest BCUT2D eigenvalue weighted by Crippen LogP contribution is 2.51. The van der Waals surface area contributed by atoms with Crippen molar-refractivity contribution in [2.45, 2.75) is 56.1 Å². The van der Waals surface area contributed by atoms with E-state index in [1.807, 2.05) is 18.2 Å². The lowest BCUT2D eigenvalue weighted by atomic mass is 9.58. The molecule has 0 radical (unpaired) electrons. The maximum absolute atomic E-state index is 10.9. The first-order valence-electron chi connectivity index (χ1n) is 7.44. The molecule has 0 aliphatic heterocycles. The van der Waals surface area contributed by atoms with Crippen molar-refractivity contribution >= 4 is 23.2 Å². The molecule has 2 saturated carbocycles. The summed E-state index contributed by atoms with van der Waals surface area (Å²) < 4.78 is 0. The van der Waals surface area contributed by atoms with Gasteiger partial charge in [0.15, 0.2) is 0 Å². The van der Waals surface area contributed by atoms with Crippen molar-refractivity contribution in [3.63, 3.8) is 0 Å². The smallest absolute Gasteiger partial charge is 0.0679 e. The lowest BCUT2D eigenvalue weighted by Crippen LogP contribution is -2.52. The van der Waals surface area contributed by atoms with Crippen LogP contribution in [0.2, 0.25) is 10.0 Å². The highest BCUT2D eigenvalue weighted by Gasteiger charge is 2.49. The van der Waals surface area contributed by atoms with Gasteiger partial charge < -0.3 is 10.8 Å². The minimum Gasteiger partial charge on any atom is -0.392 e. The van der Waals surface area contributed by atoms with Crippen molar-refractivity contribution in [3.8, 4) is 0 Å². The Hall–Kier alpha value is -0.280. The molecule has 0 amide bonds. The summed E-state index contributed by atoms with van der Waals surface area (Å²) >= 11 is 12.2. The van der Waals surface area contributed by atoms with E-state index < -0.39 is 0 Å². The zero-order valence-corrected chi connectivity index (χ0v) is 13.0. The Kier molecular flexibility index (Phi) is 4.02. The largest absolute Gasteiger partial charge is 0.392 e. The first kappa shape index (κ1) is 14.6. The Labute approximate surface area is 130 Å². The molecule has 4 heteroatoms. The van der Waals surface area contributed by atoms with Gasteiger partial charge in [-0.3, -0.25) is 0 Å². The molecule has 0 aromatic heterocycles. The van der Waals surface area contributed by atoms with Gasteiger partial charge in [0.1, 0.15) is 0 Å². The van der Waals surface area contributed by atoms with Crippen molar-refractivity contribution in [3.05, 3.63) is 33.8 Å². The molecule has 3 N–H and O–H groups in total. The van der Waals surface area contributed by atoms with Gasteiger partial charge in [-0.25, -0.2) is 0 Å². The number of hydrogen-bond donors (Lipinski definition) is 2. The first-order valence-corrected chi connectivity index (χ1v) is 8.19. The van der Waals surface area contributed by atoms with Gasteiger partial charge in [-0.15, -0.1) is 0 Å². The maximum Gasteiger partial charge on any atom is 0.0679 e. The molecule has 2 aliphatic rings. The molecule has 3 atom stereocenters. The van der Waals surface area contributed by atoms with Crippen LogP contribution in [0.25, 0.3) is 0 Å². The molecule has 0 heterocycles. The Bertz CT molecular complexity index is 501. The third kappa shape index (κ3) is 2.27. The minimum absolute atomic E-state index is 0.130. The molecule has 0 unspecified atom stereocenters. The Morgan fingerprint density at radius 3 is 2.40 bits per heavy atom. The molecule has 20 heavy (non-hydrogen) atoms. The molecule has 3 rings (SSSR count). The number of halogens is 2. The van der Waals surface area contributed by atoms with Crippen LogP contribution in [0.3, 0.4) is 0 Å². The van der Waals surface area contributed by atoms with Gasteiger partial charge in [-0.05, 0) is 43.4 Å². The van der Waals surface area contributed by atoms with Crippen LogP contribution in [0.4, 0.5) is 0 Å². The quantitative estimate of drug-likeness (QED) is 0.889. The molecule has 110 valence electrons. The normalized spacial score (nSPS) is 30.0. The van der Waals surface area contributed by atoms with E-state index in [1.165, 1.54) is 0 Å². The van der Waals surface area contributed by atoms with Crippen molar-refractivity contribution in [1.29, 1.82) is 0 Å². The maximum atomic E-state index is 10.9. The average molecular weight is 314 g/mol. The fraction of sp³-hybridized carbons (Fsp3) is 0.625. The van der Waals surface area contributed by atoms with Crippen LogP contribution in [0.1, 0.15) is 44.1 Å². The summed E-state index contributed by atoms with van der Waals surface area (Å²) in [6, 6.07) is 5.90. The molecular formula is C16H21Cl2NO. The second kappa shape index (κ2) is 5.49. The number of benzene rings is 1. The third-order valence-electron chi connectivity index (χ3n) is 5.34. The molecule has 0 spiro atoms. The van der Waals surface area contributed by atoms with Gasteiger partial charge in [0.05, 0.1) is 16.1 Å². The van der Waals surface area contributed by atoms with Crippen LogP contribution in [0.15, 0.2) is 18.2 Å². The molecule has 1 aromatic carbocycles. The summed E-state index contributed by atoms with van der Waals surface area (Å²) in [5.41, 5.74) is 7.13. The Morgan fingerprint density at radius 1 is 1.15 bits per heavy atom. The lowest BCUT2D eigenvalue weighted by molar-refractivity contribution is -0.0165. The van der Waals surface area contributed by atoms with Crippen LogP contribution < -0.4 is 5.73 Å². The summed E-state index contributed by atoms with van der Waals surface area (Å²) in [6.07, 6.45) is 5.99. The Morgan fingerprint density at radius 2 is 1.90 bits per heavy atom. The summed E-state index contributed by atoms with van der Waals surface area (Å²) in [7, 11) is 0. The van der Waals surface area contributed by atoms with E-state index in [0.717, 1.165) is 44.1 Å².